The molecule has 1 saturated heterocycles. The Morgan fingerprint density at radius 2 is 1.96 bits per heavy atom. The highest BCUT2D eigenvalue weighted by atomic mass is 32.2. The van der Waals surface area contributed by atoms with Gasteiger partial charge in [-0.05, 0) is 30.7 Å². The predicted molar refractivity (Wildman–Crippen MR) is 109 cm³/mol. The van der Waals surface area contributed by atoms with E-state index < -0.39 is 0 Å². The number of anilines is 1. The highest BCUT2D eigenvalue weighted by Crippen LogP contribution is 2.37. The van der Waals surface area contributed by atoms with Crippen LogP contribution in [0, 0.1) is 0 Å². The highest BCUT2D eigenvalue weighted by molar-refractivity contribution is 8.00. The summed E-state index contributed by atoms with van der Waals surface area (Å²) in [4.78, 5) is 28.3. The largest absolute Gasteiger partial charge is 0.379 e. The maximum atomic E-state index is 12.7. The number of fused-ring (bicyclic) bond motifs is 1. The number of nitrogens with zero attached hydrogens (tertiary/aromatic N) is 1. The minimum Gasteiger partial charge on any atom is -0.379 e. The number of rotatable bonds is 4. The number of carbonyl (C=O) groups is 2. The zero-order chi connectivity index (χ0) is 19.5. The van der Waals surface area contributed by atoms with Gasteiger partial charge in [0.2, 0.25) is 0 Å². The lowest BCUT2D eigenvalue weighted by Gasteiger charge is -2.35. The Balaban J connectivity index is 1.46. The molecule has 2 aromatic rings. The Morgan fingerprint density at radius 1 is 1.21 bits per heavy atom. The summed E-state index contributed by atoms with van der Waals surface area (Å²) in [6.45, 7) is 4.75. The molecular formula is C21H23N3O3S. The molecule has 0 aliphatic carbocycles. The fourth-order valence-electron chi connectivity index (χ4n) is 3.40. The number of amides is 2. The Labute approximate surface area is 168 Å². The van der Waals surface area contributed by atoms with Gasteiger partial charge in [-0.3, -0.25) is 14.5 Å². The minimum atomic E-state index is -0.255. The molecule has 146 valence electrons. The molecule has 2 amide bonds. The summed E-state index contributed by atoms with van der Waals surface area (Å²) < 4.78 is 5.37. The molecule has 2 atom stereocenters. The summed E-state index contributed by atoms with van der Waals surface area (Å²) in [7, 11) is 0. The van der Waals surface area contributed by atoms with E-state index in [-0.39, 0.29) is 23.2 Å². The first kappa shape index (κ1) is 19.0. The van der Waals surface area contributed by atoms with Gasteiger partial charge in [0.25, 0.3) is 11.8 Å². The second-order valence-corrected chi connectivity index (χ2v) is 8.05. The molecule has 2 aromatic carbocycles. The van der Waals surface area contributed by atoms with Gasteiger partial charge < -0.3 is 15.4 Å². The molecule has 28 heavy (non-hydrogen) atoms. The molecule has 0 bridgehead atoms. The molecular weight excluding hydrogens is 374 g/mol. The number of benzene rings is 2. The molecule has 2 aliphatic heterocycles. The van der Waals surface area contributed by atoms with Crippen LogP contribution in [0.25, 0.3) is 0 Å². The van der Waals surface area contributed by atoms with Crippen LogP contribution in [0.1, 0.15) is 28.9 Å². The Morgan fingerprint density at radius 3 is 2.71 bits per heavy atom. The Hall–Kier alpha value is -2.35. The first-order valence-electron chi connectivity index (χ1n) is 9.41. The molecule has 2 N–H and O–H groups in total. The van der Waals surface area contributed by atoms with Crippen molar-refractivity contribution in [1.82, 2.24) is 10.2 Å². The average Bonchev–Trinajstić information content (AvgIpc) is 2.74. The van der Waals surface area contributed by atoms with Crippen LogP contribution < -0.4 is 10.6 Å². The zero-order valence-corrected chi connectivity index (χ0v) is 16.5. The van der Waals surface area contributed by atoms with E-state index in [1.165, 1.54) is 11.8 Å². The number of nitrogens with one attached hydrogen (secondary N) is 2. The number of thioether (sulfide) groups is 1. The highest BCUT2D eigenvalue weighted by Gasteiger charge is 2.33. The van der Waals surface area contributed by atoms with Crippen LogP contribution in [0.4, 0.5) is 5.69 Å². The summed E-state index contributed by atoms with van der Waals surface area (Å²) in [5, 5.41) is 5.72. The molecule has 1 fully saturated rings. The van der Waals surface area contributed by atoms with Crippen molar-refractivity contribution in [2.75, 3.05) is 31.6 Å². The van der Waals surface area contributed by atoms with Crippen molar-refractivity contribution < 1.29 is 14.3 Å². The fourth-order valence-corrected chi connectivity index (χ4v) is 4.55. The van der Waals surface area contributed by atoms with Crippen LogP contribution in [-0.4, -0.2) is 48.4 Å². The fraction of sp³-hybridized carbons (Fsp3) is 0.333. The Kier molecular flexibility index (Phi) is 5.66. The van der Waals surface area contributed by atoms with E-state index in [2.05, 4.69) is 15.5 Å². The van der Waals surface area contributed by atoms with Crippen LogP contribution in [0.15, 0.2) is 53.4 Å². The molecule has 0 unspecified atom stereocenters. The van der Waals surface area contributed by atoms with Crippen molar-refractivity contribution in [2.24, 2.45) is 0 Å². The molecule has 0 radical (unpaired) electrons. The van der Waals surface area contributed by atoms with Gasteiger partial charge in [-0.15, -0.1) is 0 Å². The average molecular weight is 398 g/mol. The van der Waals surface area contributed by atoms with Crippen molar-refractivity contribution in [3.8, 4) is 0 Å². The van der Waals surface area contributed by atoms with Gasteiger partial charge in [0.05, 0.1) is 24.9 Å². The van der Waals surface area contributed by atoms with E-state index in [4.69, 9.17) is 4.74 Å². The van der Waals surface area contributed by atoms with Gasteiger partial charge >= 0.3 is 0 Å². The van der Waals surface area contributed by atoms with E-state index in [0.717, 1.165) is 23.5 Å². The maximum absolute atomic E-state index is 12.7. The van der Waals surface area contributed by atoms with Gasteiger partial charge in [-0.1, -0.05) is 42.1 Å². The third kappa shape index (κ3) is 4.06. The van der Waals surface area contributed by atoms with Crippen LogP contribution in [0.5, 0.6) is 0 Å². The number of carbonyl (C=O) groups excluding carboxylic acids is 2. The van der Waals surface area contributed by atoms with E-state index in [9.17, 15) is 9.59 Å². The number of hydrogen-bond acceptors (Lipinski definition) is 5. The topological polar surface area (TPSA) is 70.7 Å². The number of hydrogen-bond donors (Lipinski definition) is 2. The Bertz CT molecular complexity index is 868. The minimum absolute atomic E-state index is 0.0467. The van der Waals surface area contributed by atoms with Crippen LogP contribution in [0.2, 0.25) is 0 Å². The predicted octanol–water partition coefficient (Wildman–Crippen LogP) is 2.88. The summed E-state index contributed by atoms with van der Waals surface area (Å²) in [5.74, 6) is -0.205. The van der Waals surface area contributed by atoms with Crippen molar-refractivity contribution in [2.45, 2.75) is 23.2 Å². The van der Waals surface area contributed by atoms with Crippen LogP contribution in [0.3, 0.4) is 0 Å². The third-order valence-electron chi connectivity index (χ3n) is 4.99. The second kappa shape index (κ2) is 8.34. The molecule has 0 aromatic heterocycles. The maximum Gasteiger partial charge on any atom is 0.252 e. The lowest BCUT2D eigenvalue weighted by Crippen LogP contribution is -2.48. The lowest BCUT2D eigenvalue weighted by molar-refractivity contribution is -0.119. The molecule has 0 spiro atoms. The van der Waals surface area contributed by atoms with Crippen LogP contribution >= 0.6 is 11.8 Å². The molecule has 0 saturated carbocycles. The molecule has 2 heterocycles. The SMILES string of the molecule is C[C@@H](NC(=O)c1ccc2c(c1)NC(=O)[C@H](N1CCOCC1)S2)c1ccccc1. The van der Waals surface area contributed by atoms with Gasteiger partial charge in [-0.2, -0.15) is 0 Å². The molecule has 6 nitrogen and oxygen atoms in total. The summed E-state index contributed by atoms with van der Waals surface area (Å²) >= 11 is 1.53. The van der Waals surface area contributed by atoms with E-state index in [1.54, 1.807) is 6.07 Å². The standard InChI is InChI=1S/C21H23N3O3S/c1-14(15-5-3-2-4-6-15)22-19(25)16-7-8-18-17(13-16)23-20(26)21(28-18)24-9-11-27-12-10-24/h2-8,13-14,21H,9-12H2,1H3,(H,22,25)(H,23,26)/t14-,21-/m1/s1. The van der Waals surface area contributed by atoms with Gasteiger partial charge in [0, 0.05) is 23.5 Å². The van der Waals surface area contributed by atoms with E-state index in [1.807, 2.05) is 49.4 Å². The van der Waals surface area contributed by atoms with Crippen molar-refractivity contribution in [3.05, 3.63) is 59.7 Å². The lowest BCUT2D eigenvalue weighted by atomic mass is 10.1. The summed E-state index contributed by atoms with van der Waals surface area (Å²) in [6, 6.07) is 15.2. The van der Waals surface area contributed by atoms with Gasteiger partial charge in [0.1, 0.15) is 5.37 Å². The zero-order valence-electron chi connectivity index (χ0n) is 15.7. The summed E-state index contributed by atoms with van der Waals surface area (Å²) in [6.07, 6.45) is 0. The first-order chi connectivity index (χ1) is 13.6. The van der Waals surface area contributed by atoms with Crippen molar-refractivity contribution in [3.63, 3.8) is 0 Å². The van der Waals surface area contributed by atoms with Gasteiger partial charge in [0.15, 0.2) is 0 Å². The van der Waals surface area contributed by atoms with Crippen molar-refractivity contribution >= 4 is 29.3 Å². The second-order valence-electron chi connectivity index (χ2n) is 6.92. The number of ether oxygens (including phenoxy) is 1. The quantitative estimate of drug-likeness (QED) is 0.830. The first-order valence-corrected chi connectivity index (χ1v) is 10.3. The van der Waals surface area contributed by atoms with Gasteiger partial charge in [-0.25, -0.2) is 0 Å². The number of morpholine rings is 1. The normalized spacial score (nSPS) is 20.8. The summed E-state index contributed by atoms with van der Waals surface area (Å²) in [5.41, 5.74) is 2.28. The van der Waals surface area contributed by atoms with Crippen molar-refractivity contribution in [1.29, 1.82) is 0 Å². The molecule has 4 rings (SSSR count). The third-order valence-corrected chi connectivity index (χ3v) is 6.33. The monoisotopic (exact) mass is 397 g/mol. The molecule has 2 aliphatic rings. The smallest absolute Gasteiger partial charge is 0.252 e. The van der Waals surface area contributed by atoms with Crippen LogP contribution in [-0.2, 0) is 9.53 Å². The van der Waals surface area contributed by atoms with E-state index in [0.29, 0.717) is 24.5 Å². The molecule has 7 heteroatoms. The van der Waals surface area contributed by atoms with E-state index >= 15 is 0 Å².